The number of ether oxygens (including phenoxy) is 1. The van der Waals surface area contributed by atoms with E-state index in [0.29, 0.717) is 6.04 Å². The van der Waals surface area contributed by atoms with E-state index in [9.17, 15) is 5.11 Å². The van der Waals surface area contributed by atoms with Crippen molar-refractivity contribution in [3.05, 3.63) is 15.7 Å². The quantitative estimate of drug-likeness (QED) is 0.773. The second kappa shape index (κ2) is 5.65. The van der Waals surface area contributed by atoms with Crippen LogP contribution in [0.4, 0.5) is 11.6 Å². The van der Waals surface area contributed by atoms with Crippen LogP contribution in [0.25, 0.3) is 0 Å². The number of anilines is 2. The van der Waals surface area contributed by atoms with Crippen LogP contribution in [0.2, 0.25) is 0 Å². The van der Waals surface area contributed by atoms with Crippen molar-refractivity contribution in [1.82, 2.24) is 4.98 Å². The fraction of sp³-hybridized carbons (Fsp3) is 0.643. The first-order valence-electron chi connectivity index (χ1n) is 7.01. The largest absolute Gasteiger partial charge is 0.390 e. The highest BCUT2D eigenvalue weighted by atomic mass is 127. The predicted octanol–water partition coefficient (Wildman–Crippen LogP) is 1.85. The van der Waals surface area contributed by atoms with Crippen molar-refractivity contribution in [3.8, 4) is 0 Å². The van der Waals surface area contributed by atoms with Gasteiger partial charge in [-0.25, -0.2) is 4.98 Å². The van der Waals surface area contributed by atoms with Crippen molar-refractivity contribution in [1.29, 1.82) is 0 Å². The molecule has 6 heteroatoms. The van der Waals surface area contributed by atoms with Crippen molar-refractivity contribution in [2.45, 2.75) is 31.4 Å². The Bertz CT molecular complexity index is 481. The second-order valence-electron chi connectivity index (χ2n) is 5.87. The van der Waals surface area contributed by atoms with Crippen LogP contribution in [0.5, 0.6) is 0 Å². The number of hydrogen-bond acceptors (Lipinski definition) is 5. The first-order chi connectivity index (χ1) is 9.52. The van der Waals surface area contributed by atoms with Gasteiger partial charge in [-0.05, 0) is 54.5 Å². The van der Waals surface area contributed by atoms with E-state index in [2.05, 4.69) is 44.9 Å². The Kier molecular flexibility index (Phi) is 4.05. The van der Waals surface area contributed by atoms with Crippen LogP contribution in [0, 0.1) is 3.57 Å². The minimum absolute atomic E-state index is 0.327. The van der Waals surface area contributed by atoms with Gasteiger partial charge in [0.15, 0.2) is 0 Å². The molecule has 1 aliphatic heterocycles. The molecule has 110 valence electrons. The SMILES string of the molecule is CC1(O)CC(Nc2cc(I)cc(N3CCOCC3)n2)C1. The maximum atomic E-state index is 9.79. The lowest BCUT2D eigenvalue weighted by molar-refractivity contribution is -0.0235. The number of hydrogen-bond donors (Lipinski definition) is 2. The van der Waals surface area contributed by atoms with Crippen molar-refractivity contribution < 1.29 is 9.84 Å². The summed E-state index contributed by atoms with van der Waals surface area (Å²) in [6.45, 7) is 5.20. The van der Waals surface area contributed by atoms with E-state index in [1.807, 2.05) is 6.92 Å². The minimum Gasteiger partial charge on any atom is -0.390 e. The molecule has 0 spiro atoms. The van der Waals surface area contributed by atoms with Crippen LogP contribution >= 0.6 is 22.6 Å². The van der Waals surface area contributed by atoms with Gasteiger partial charge in [0.05, 0.1) is 18.8 Å². The third-order valence-electron chi connectivity index (χ3n) is 3.84. The summed E-state index contributed by atoms with van der Waals surface area (Å²) in [5.74, 6) is 1.91. The monoisotopic (exact) mass is 389 g/mol. The van der Waals surface area contributed by atoms with Gasteiger partial charge in [-0.15, -0.1) is 0 Å². The number of nitrogens with zero attached hydrogens (tertiary/aromatic N) is 2. The van der Waals surface area contributed by atoms with Crippen LogP contribution < -0.4 is 10.2 Å². The lowest BCUT2D eigenvalue weighted by atomic mass is 9.77. The summed E-state index contributed by atoms with van der Waals surface area (Å²) < 4.78 is 6.55. The molecule has 1 aromatic rings. The molecule has 2 heterocycles. The molecule has 2 fully saturated rings. The Morgan fingerprint density at radius 2 is 2.10 bits per heavy atom. The van der Waals surface area contributed by atoms with Crippen LogP contribution in [-0.2, 0) is 4.74 Å². The number of nitrogens with one attached hydrogen (secondary N) is 1. The predicted molar refractivity (Wildman–Crippen MR) is 87.3 cm³/mol. The number of rotatable bonds is 3. The highest BCUT2D eigenvalue weighted by Crippen LogP contribution is 2.34. The normalized spacial score (nSPS) is 29.9. The maximum Gasteiger partial charge on any atom is 0.132 e. The molecule has 0 unspecified atom stereocenters. The molecule has 5 nitrogen and oxygen atoms in total. The second-order valence-corrected chi connectivity index (χ2v) is 7.12. The molecule has 0 bridgehead atoms. The molecule has 3 rings (SSSR count). The third kappa shape index (κ3) is 3.35. The van der Waals surface area contributed by atoms with Crippen LogP contribution in [0.1, 0.15) is 19.8 Å². The van der Waals surface area contributed by atoms with E-state index in [0.717, 1.165) is 50.8 Å². The molecule has 2 aliphatic rings. The Hall–Kier alpha value is -0.600. The summed E-state index contributed by atoms with van der Waals surface area (Å²) in [4.78, 5) is 6.96. The Labute approximate surface area is 132 Å². The summed E-state index contributed by atoms with van der Waals surface area (Å²) >= 11 is 2.32. The lowest BCUT2D eigenvalue weighted by Crippen LogP contribution is -2.48. The fourth-order valence-corrected chi connectivity index (χ4v) is 3.40. The number of pyridine rings is 1. The summed E-state index contributed by atoms with van der Waals surface area (Å²) in [6.07, 6.45) is 1.57. The zero-order chi connectivity index (χ0) is 14.2. The van der Waals surface area contributed by atoms with E-state index in [4.69, 9.17) is 9.72 Å². The van der Waals surface area contributed by atoms with Gasteiger partial charge < -0.3 is 20.1 Å². The number of aromatic nitrogens is 1. The molecular weight excluding hydrogens is 369 g/mol. The third-order valence-corrected chi connectivity index (χ3v) is 4.46. The summed E-state index contributed by atoms with van der Waals surface area (Å²) in [6, 6.07) is 4.49. The zero-order valence-corrected chi connectivity index (χ0v) is 13.8. The molecule has 0 radical (unpaired) electrons. The van der Waals surface area contributed by atoms with Gasteiger partial charge in [-0.2, -0.15) is 0 Å². The molecule has 2 N–H and O–H groups in total. The van der Waals surface area contributed by atoms with E-state index in [-0.39, 0.29) is 0 Å². The van der Waals surface area contributed by atoms with Crippen LogP contribution in [0.3, 0.4) is 0 Å². The number of morpholine rings is 1. The van der Waals surface area contributed by atoms with Gasteiger partial charge in [-0.1, -0.05) is 0 Å². The van der Waals surface area contributed by atoms with Crippen LogP contribution in [0.15, 0.2) is 12.1 Å². The molecule has 0 aromatic carbocycles. The number of halogens is 1. The van der Waals surface area contributed by atoms with E-state index in [1.165, 1.54) is 3.57 Å². The first kappa shape index (κ1) is 14.3. The molecule has 1 aliphatic carbocycles. The van der Waals surface area contributed by atoms with E-state index >= 15 is 0 Å². The van der Waals surface area contributed by atoms with Gasteiger partial charge in [0.1, 0.15) is 11.6 Å². The summed E-state index contributed by atoms with van der Waals surface area (Å²) in [5, 5.41) is 13.2. The highest BCUT2D eigenvalue weighted by Gasteiger charge is 2.38. The lowest BCUT2D eigenvalue weighted by Gasteiger charge is -2.41. The Balaban J connectivity index is 1.70. The molecule has 1 saturated heterocycles. The van der Waals surface area contributed by atoms with Gasteiger partial charge in [-0.3, -0.25) is 0 Å². The summed E-state index contributed by atoms with van der Waals surface area (Å²) in [5.41, 5.74) is -0.507. The Morgan fingerprint density at radius 3 is 2.75 bits per heavy atom. The average Bonchev–Trinajstić information content (AvgIpc) is 2.37. The molecule has 20 heavy (non-hydrogen) atoms. The van der Waals surface area contributed by atoms with Gasteiger partial charge in [0.25, 0.3) is 0 Å². The fourth-order valence-electron chi connectivity index (χ4n) is 2.83. The molecule has 0 amide bonds. The molecule has 0 atom stereocenters. The van der Waals surface area contributed by atoms with Gasteiger partial charge in [0, 0.05) is 22.7 Å². The van der Waals surface area contributed by atoms with Gasteiger partial charge >= 0.3 is 0 Å². The molecule has 1 aromatic heterocycles. The zero-order valence-electron chi connectivity index (χ0n) is 11.6. The standard InChI is InChI=1S/C14H20IN3O2/c1-14(19)8-11(9-14)16-12-6-10(15)7-13(17-12)18-2-4-20-5-3-18/h6-7,11,19H,2-5,8-9H2,1H3,(H,16,17). The smallest absolute Gasteiger partial charge is 0.132 e. The van der Waals surface area contributed by atoms with Crippen molar-refractivity contribution in [2.75, 3.05) is 36.5 Å². The van der Waals surface area contributed by atoms with E-state index < -0.39 is 5.60 Å². The first-order valence-corrected chi connectivity index (χ1v) is 8.09. The number of aliphatic hydroxyl groups is 1. The van der Waals surface area contributed by atoms with Crippen molar-refractivity contribution >= 4 is 34.2 Å². The van der Waals surface area contributed by atoms with Crippen molar-refractivity contribution in [2.24, 2.45) is 0 Å². The average molecular weight is 389 g/mol. The molecular formula is C14H20IN3O2. The van der Waals surface area contributed by atoms with Crippen molar-refractivity contribution in [3.63, 3.8) is 0 Å². The van der Waals surface area contributed by atoms with Crippen LogP contribution in [-0.4, -0.2) is 48.0 Å². The topological polar surface area (TPSA) is 57.6 Å². The maximum absolute atomic E-state index is 9.79. The Morgan fingerprint density at radius 1 is 1.40 bits per heavy atom. The highest BCUT2D eigenvalue weighted by molar-refractivity contribution is 14.1. The van der Waals surface area contributed by atoms with Gasteiger partial charge in [0.2, 0.25) is 0 Å². The molecule has 1 saturated carbocycles. The minimum atomic E-state index is -0.507. The van der Waals surface area contributed by atoms with E-state index in [1.54, 1.807) is 0 Å². The summed E-state index contributed by atoms with van der Waals surface area (Å²) in [7, 11) is 0.